The maximum atomic E-state index is 13.4. The van der Waals surface area contributed by atoms with Crippen molar-refractivity contribution >= 4 is 35.2 Å². The van der Waals surface area contributed by atoms with Crippen LogP contribution in [-0.2, 0) is 16.1 Å². The molecule has 188 valence electrons. The highest BCUT2D eigenvalue weighted by Crippen LogP contribution is 2.34. The summed E-state index contributed by atoms with van der Waals surface area (Å²) >= 11 is 0. The molecule has 1 aromatic heterocycles. The second-order valence-electron chi connectivity index (χ2n) is 7.61. The molecule has 0 spiro atoms. The summed E-state index contributed by atoms with van der Waals surface area (Å²) in [6.07, 6.45) is -1.23. The monoisotopic (exact) mass is 496 g/mol. The summed E-state index contributed by atoms with van der Waals surface area (Å²) in [4.78, 5) is 62.7. The summed E-state index contributed by atoms with van der Waals surface area (Å²) < 4.78 is 12.0. The predicted octanol–water partition coefficient (Wildman–Crippen LogP) is 2.66. The molecule has 12 heteroatoms. The third-order valence-electron chi connectivity index (χ3n) is 4.88. The van der Waals surface area contributed by atoms with Gasteiger partial charge in [0.1, 0.15) is 17.3 Å². The molecule has 0 saturated heterocycles. The predicted molar refractivity (Wildman–Crippen MR) is 130 cm³/mol. The molecule has 0 aliphatic carbocycles. The van der Waals surface area contributed by atoms with Gasteiger partial charge < -0.3 is 20.3 Å². The van der Waals surface area contributed by atoms with E-state index in [1.54, 1.807) is 37.3 Å². The Bertz CT molecular complexity index is 1410. The van der Waals surface area contributed by atoms with Crippen LogP contribution >= 0.6 is 0 Å². The maximum Gasteiger partial charge on any atom is 0.416 e. The number of rotatable bonds is 7. The largest absolute Gasteiger partial charge is 0.464 e. The normalized spacial score (nSPS) is 10.5. The van der Waals surface area contributed by atoms with Gasteiger partial charge in [-0.2, -0.15) is 0 Å². The summed E-state index contributed by atoms with van der Waals surface area (Å²) in [5, 5.41) is 10.1. The number of carbonyl (C=O) groups is 3. The maximum absolute atomic E-state index is 13.4. The van der Waals surface area contributed by atoms with E-state index in [0.29, 0.717) is 17.0 Å². The first-order chi connectivity index (χ1) is 17.0. The van der Waals surface area contributed by atoms with Crippen molar-refractivity contribution in [3.05, 3.63) is 69.4 Å². The molecule has 2 aromatic carbocycles. The van der Waals surface area contributed by atoms with Crippen LogP contribution in [0.15, 0.2) is 58.1 Å². The minimum atomic E-state index is -1.63. The molecule has 3 N–H and O–H groups in total. The summed E-state index contributed by atoms with van der Waals surface area (Å²) in [5.41, 5.74) is 4.14. The molecular formula is C24H24N4O8. The second-order valence-corrected chi connectivity index (χ2v) is 7.61. The average molecular weight is 496 g/mol. The van der Waals surface area contributed by atoms with Crippen molar-refractivity contribution in [3.8, 4) is 17.2 Å². The molecule has 36 heavy (non-hydrogen) atoms. The molecule has 0 unspecified atom stereocenters. The number of hydrogen-bond donors (Lipinski definition) is 2. The van der Waals surface area contributed by atoms with Crippen LogP contribution in [0, 0.1) is 0 Å². The van der Waals surface area contributed by atoms with Gasteiger partial charge in [0.05, 0.1) is 11.4 Å². The zero-order valence-electron chi connectivity index (χ0n) is 19.8. The first-order valence-electron chi connectivity index (χ1n) is 10.8. The number of aromatic nitrogens is 2. The minimum absolute atomic E-state index is 0.00256. The standard InChI is InChI=1S/C24H24N4O8/c1-4-10-26-22(31)20(21(25)28(23(26)32)16-8-6-5-7-9-16)27(24(33)34)17-11-18(35-14(2)29)13-19(12-17)36-15(3)30/h5-9,11-13H,4,10,25H2,1-3H3,(H,33,34). The van der Waals surface area contributed by atoms with Gasteiger partial charge in [-0.05, 0) is 18.6 Å². The van der Waals surface area contributed by atoms with E-state index >= 15 is 0 Å². The lowest BCUT2D eigenvalue weighted by Gasteiger charge is -2.24. The molecule has 0 radical (unpaired) electrons. The fourth-order valence-corrected chi connectivity index (χ4v) is 3.58. The highest BCUT2D eigenvalue weighted by atomic mass is 16.5. The summed E-state index contributed by atoms with van der Waals surface area (Å²) in [7, 11) is 0. The van der Waals surface area contributed by atoms with Crippen molar-refractivity contribution in [2.24, 2.45) is 0 Å². The Hall–Kier alpha value is -4.87. The number of nitrogens with two attached hydrogens (primary N) is 1. The quantitative estimate of drug-likeness (QED) is 0.370. The number of carboxylic acid groups (broad SMARTS) is 1. The van der Waals surface area contributed by atoms with Crippen molar-refractivity contribution in [1.29, 1.82) is 0 Å². The number of ether oxygens (including phenoxy) is 2. The van der Waals surface area contributed by atoms with Gasteiger partial charge in [0.25, 0.3) is 5.56 Å². The van der Waals surface area contributed by atoms with Crippen LogP contribution in [-0.4, -0.2) is 32.3 Å². The van der Waals surface area contributed by atoms with Crippen molar-refractivity contribution < 1.29 is 29.0 Å². The van der Waals surface area contributed by atoms with Gasteiger partial charge in [0.15, 0.2) is 5.69 Å². The lowest BCUT2D eigenvalue weighted by molar-refractivity contribution is -0.132. The van der Waals surface area contributed by atoms with E-state index in [0.717, 1.165) is 35.1 Å². The second kappa shape index (κ2) is 10.6. The van der Waals surface area contributed by atoms with Crippen LogP contribution in [0.1, 0.15) is 27.2 Å². The first-order valence-corrected chi connectivity index (χ1v) is 10.8. The van der Waals surface area contributed by atoms with Gasteiger partial charge in [-0.1, -0.05) is 25.1 Å². The zero-order chi connectivity index (χ0) is 26.6. The molecule has 3 aromatic rings. The van der Waals surface area contributed by atoms with Gasteiger partial charge in [-0.15, -0.1) is 0 Å². The molecule has 0 fully saturated rings. The molecule has 0 saturated carbocycles. The summed E-state index contributed by atoms with van der Waals surface area (Å²) in [6.45, 7) is 4.00. The number of benzene rings is 2. The molecule has 0 aliphatic heterocycles. The van der Waals surface area contributed by atoms with E-state index in [4.69, 9.17) is 15.2 Å². The third-order valence-corrected chi connectivity index (χ3v) is 4.88. The van der Waals surface area contributed by atoms with Gasteiger partial charge in [0.2, 0.25) is 0 Å². The van der Waals surface area contributed by atoms with Gasteiger partial charge in [0, 0.05) is 38.6 Å². The number of nitrogen functional groups attached to an aromatic ring is 1. The Morgan fingerprint density at radius 2 is 1.53 bits per heavy atom. The number of nitrogens with zero attached hydrogens (tertiary/aromatic N) is 3. The summed E-state index contributed by atoms with van der Waals surface area (Å²) in [6, 6.07) is 11.7. The lowest BCUT2D eigenvalue weighted by Crippen LogP contribution is -2.44. The molecule has 0 aliphatic rings. The molecule has 12 nitrogen and oxygen atoms in total. The Kier molecular flexibility index (Phi) is 7.58. The lowest BCUT2D eigenvalue weighted by atomic mass is 10.2. The molecule has 1 heterocycles. The Morgan fingerprint density at radius 3 is 2.00 bits per heavy atom. The van der Waals surface area contributed by atoms with Crippen molar-refractivity contribution in [3.63, 3.8) is 0 Å². The van der Waals surface area contributed by atoms with E-state index in [1.807, 2.05) is 0 Å². The zero-order valence-corrected chi connectivity index (χ0v) is 19.8. The van der Waals surface area contributed by atoms with Crippen LogP contribution in [0.2, 0.25) is 0 Å². The highest BCUT2D eigenvalue weighted by molar-refractivity contribution is 5.98. The van der Waals surface area contributed by atoms with Crippen LogP contribution in [0.5, 0.6) is 11.5 Å². The fourth-order valence-electron chi connectivity index (χ4n) is 3.58. The molecule has 1 amide bonds. The van der Waals surface area contributed by atoms with E-state index in [-0.39, 0.29) is 23.7 Å². The number of hydrogen-bond acceptors (Lipinski definition) is 8. The highest BCUT2D eigenvalue weighted by Gasteiger charge is 2.29. The van der Waals surface area contributed by atoms with E-state index < -0.39 is 40.8 Å². The number of anilines is 3. The van der Waals surface area contributed by atoms with Crippen molar-refractivity contribution in [2.75, 3.05) is 10.6 Å². The molecule has 0 bridgehead atoms. The minimum Gasteiger partial charge on any atom is -0.464 e. The van der Waals surface area contributed by atoms with E-state index in [1.165, 1.54) is 6.07 Å². The van der Waals surface area contributed by atoms with Gasteiger partial charge in [-0.3, -0.25) is 19.0 Å². The van der Waals surface area contributed by atoms with Crippen LogP contribution in [0.4, 0.5) is 22.0 Å². The van der Waals surface area contributed by atoms with E-state index in [2.05, 4.69) is 0 Å². The Morgan fingerprint density at radius 1 is 0.972 bits per heavy atom. The molecule has 3 rings (SSSR count). The summed E-state index contributed by atoms with van der Waals surface area (Å²) in [5.74, 6) is -2.16. The molecular weight excluding hydrogens is 472 g/mol. The van der Waals surface area contributed by atoms with E-state index in [9.17, 15) is 29.1 Å². The Balaban J connectivity index is 2.39. The average Bonchev–Trinajstić information content (AvgIpc) is 2.79. The number of para-hydroxylation sites is 1. The third kappa shape index (κ3) is 5.27. The van der Waals surface area contributed by atoms with Gasteiger partial charge >= 0.3 is 23.7 Å². The number of amides is 1. The van der Waals surface area contributed by atoms with Crippen molar-refractivity contribution in [2.45, 2.75) is 33.7 Å². The van der Waals surface area contributed by atoms with Crippen LogP contribution in [0.25, 0.3) is 5.69 Å². The number of esters is 2. The SMILES string of the molecule is CCCn1c(=O)c(N(C(=O)O)c2cc(OC(C)=O)cc(OC(C)=O)c2)c(N)n(-c2ccccc2)c1=O. The molecule has 0 atom stereocenters. The van der Waals surface area contributed by atoms with Crippen LogP contribution in [0.3, 0.4) is 0 Å². The smallest absolute Gasteiger partial charge is 0.416 e. The number of carbonyl (C=O) groups excluding carboxylic acids is 2. The first kappa shape index (κ1) is 25.7. The fraction of sp³-hybridized carbons (Fsp3) is 0.208. The Labute approximate surface area is 204 Å². The van der Waals surface area contributed by atoms with Crippen LogP contribution < -0.4 is 31.4 Å². The topological polar surface area (TPSA) is 163 Å². The van der Waals surface area contributed by atoms with Crippen molar-refractivity contribution in [1.82, 2.24) is 9.13 Å². The van der Waals surface area contributed by atoms with Gasteiger partial charge in [-0.25, -0.2) is 19.1 Å².